The Morgan fingerprint density at radius 2 is 2.11 bits per heavy atom. The van der Waals surface area contributed by atoms with E-state index in [0.717, 1.165) is 5.56 Å². The summed E-state index contributed by atoms with van der Waals surface area (Å²) in [5, 5.41) is 1.77. The summed E-state index contributed by atoms with van der Waals surface area (Å²) in [4.78, 5) is 43.4. The zero-order valence-corrected chi connectivity index (χ0v) is 16.1. The molecule has 0 spiro atoms. The van der Waals surface area contributed by atoms with Crippen LogP contribution in [-0.4, -0.2) is 32.7 Å². The molecule has 3 heterocycles. The lowest BCUT2D eigenvalue weighted by Crippen LogP contribution is -2.29. The van der Waals surface area contributed by atoms with Gasteiger partial charge in [-0.3, -0.25) is 18.8 Å². The number of benzene rings is 1. The molecule has 8 heteroatoms. The summed E-state index contributed by atoms with van der Waals surface area (Å²) >= 11 is 1.34. The molecule has 1 amide bonds. The van der Waals surface area contributed by atoms with Gasteiger partial charge in [0.2, 0.25) is 5.91 Å². The maximum absolute atomic E-state index is 12.5. The molecule has 1 aliphatic rings. The third-order valence-electron chi connectivity index (χ3n) is 4.96. The number of fused-ring (bicyclic) bond motifs is 1. The van der Waals surface area contributed by atoms with Gasteiger partial charge in [0.05, 0.1) is 17.7 Å². The number of amides is 1. The Kier molecular flexibility index (Phi) is 4.95. The van der Waals surface area contributed by atoms with Crippen molar-refractivity contribution >= 4 is 28.2 Å². The summed E-state index contributed by atoms with van der Waals surface area (Å²) in [6, 6.07) is 11.0. The Labute approximate surface area is 165 Å². The second kappa shape index (κ2) is 7.55. The molecule has 2 atom stereocenters. The number of carbonyl (C=O) groups excluding carboxylic acids is 2. The highest BCUT2D eigenvalue weighted by atomic mass is 32.1. The van der Waals surface area contributed by atoms with E-state index in [0.29, 0.717) is 17.2 Å². The molecule has 4 rings (SSSR count). The van der Waals surface area contributed by atoms with Gasteiger partial charge in [0, 0.05) is 30.6 Å². The molecule has 1 aliphatic heterocycles. The van der Waals surface area contributed by atoms with E-state index in [4.69, 9.17) is 4.74 Å². The minimum atomic E-state index is -0.509. The van der Waals surface area contributed by atoms with E-state index in [1.807, 2.05) is 37.3 Å². The molecular weight excluding hydrogens is 378 g/mol. The maximum atomic E-state index is 12.5. The normalized spacial score (nSPS) is 17.8. The monoisotopic (exact) mass is 397 g/mol. The SMILES string of the molecule is C[C@@H](c1ccccc1)N1C[C@H](C(=O)OCc2cc(=O)n3ccsc3n2)CC1=O. The smallest absolute Gasteiger partial charge is 0.311 e. The Hall–Kier alpha value is -3.00. The minimum Gasteiger partial charge on any atom is -0.459 e. The number of rotatable bonds is 5. The molecule has 1 fully saturated rings. The average molecular weight is 397 g/mol. The van der Waals surface area contributed by atoms with Crippen LogP contribution in [-0.2, 0) is 20.9 Å². The van der Waals surface area contributed by atoms with Crippen LogP contribution in [0.1, 0.15) is 30.6 Å². The largest absolute Gasteiger partial charge is 0.459 e. The Morgan fingerprint density at radius 3 is 2.89 bits per heavy atom. The molecule has 0 radical (unpaired) electrons. The summed E-state index contributed by atoms with van der Waals surface area (Å²) in [7, 11) is 0. The van der Waals surface area contributed by atoms with Crippen molar-refractivity contribution in [2.24, 2.45) is 5.92 Å². The maximum Gasteiger partial charge on any atom is 0.311 e. The zero-order chi connectivity index (χ0) is 19.7. The van der Waals surface area contributed by atoms with Crippen molar-refractivity contribution < 1.29 is 14.3 Å². The first-order valence-corrected chi connectivity index (χ1v) is 9.87. The highest BCUT2D eigenvalue weighted by molar-refractivity contribution is 7.15. The highest BCUT2D eigenvalue weighted by Crippen LogP contribution is 2.29. The van der Waals surface area contributed by atoms with Crippen LogP contribution >= 0.6 is 11.3 Å². The lowest BCUT2D eigenvalue weighted by molar-refractivity contribution is -0.149. The van der Waals surface area contributed by atoms with Gasteiger partial charge in [-0.05, 0) is 12.5 Å². The molecule has 7 nitrogen and oxygen atoms in total. The zero-order valence-electron chi connectivity index (χ0n) is 15.3. The van der Waals surface area contributed by atoms with E-state index in [2.05, 4.69) is 4.98 Å². The standard InChI is InChI=1S/C20H19N3O4S/c1-13(14-5-3-2-4-6-14)23-11-15(9-17(23)24)19(26)27-12-16-10-18(25)22-7-8-28-20(22)21-16/h2-8,10,13,15H,9,11-12H2,1H3/t13-,15+/m0/s1. The molecule has 1 aromatic carbocycles. The first-order chi connectivity index (χ1) is 13.5. The second-order valence-electron chi connectivity index (χ2n) is 6.78. The minimum absolute atomic E-state index is 0.0605. The van der Waals surface area contributed by atoms with Gasteiger partial charge in [0.1, 0.15) is 6.61 Å². The van der Waals surface area contributed by atoms with Crippen LogP contribution in [0.2, 0.25) is 0 Å². The molecule has 28 heavy (non-hydrogen) atoms. The van der Waals surface area contributed by atoms with Crippen LogP contribution in [0.25, 0.3) is 4.96 Å². The fourth-order valence-electron chi connectivity index (χ4n) is 3.40. The Balaban J connectivity index is 1.40. The topological polar surface area (TPSA) is 81.0 Å². The van der Waals surface area contributed by atoms with Crippen molar-refractivity contribution in [3.63, 3.8) is 0 Å². The summed E-state index contributed by atoms with van der Waals surface area (Å²) in [5.74, 6) is -1.01. The molecule has 0 N–H and O–H groups in total. The van der Waals surface area contributed by atoms with E-state index < -0.39 is 11.9 Å². The van der Waals surface area contributed by atoms with Crippen molar-refractivity contribution in [1.82, 2.24) is 14.3 Å². The van der Waals surface area contributed by atoms with Crippen molar-refractivity contribution in [2.75, 3.05) is 6.54 Å². The number of aromatic nitrogens is 2. The van der Waals surface area contributed by atoms with Gasteiger partial charge in [0.15, 0.2) is 4.96 Å². The van der Waals surface area contributed by atoms with Crippen molar-refractivity contribution in [1.29, 1.82) is 0 Å². The van der Waals surface area contributed by atoms with E-state index in [9.17, 15) is 14.4 Å². The molecule has 0 saturated carbocycles. The Bertz CT molecular complexity index is 1080. The number of nitrogens with zero attached hydrogens (tertiary/aromatic N) is 3. The fraction of sp³-hybridized carbons (Fsp3) is 0.300. The predicted molar refractivity (Wildman–Crippen MR) is 104 cm³/mol. The number of carbonyl (C=O) groups is 2. The van der Waals surface area contributed by atoms with Gasteiger partial charge >= 0.3 is 5.97 Å². The number of hydrogen-bond acceptors (Lipinski definition) is 6. The van der Waals surface area contributed by atoms with Gasteiger partial charge < -0.3 is 9.64 Å². The van der Waals surface area contributed by atoms with Crippen LogP contribution in [0, 0.1) is 5.92 Å². The van der Waals surface area contributed by atoms with Gasteiger partial charge in [0.25, 0.3) is 5.56 Å². The molecule has 0 bridgehead atoms. The van der Waals surface area contributed by atoms with E-state index in [-0.39, 0.29) is 30.5 Å². The summed E-state index contributed by atoms with van der Waals surface area (Å²) in [6.45, 7) is 2.20. The molecule has 0 aliphatic carbocycles. The summed E-state index contributed by atoms with van der Waals surface area (Å²) in [6.07, 6.45) is 1.79. The number of esters is 1. The number of likely N-dealkylation sites (tertiary alicyclic amines) is 1. The lowest BCUT2D eigenvalue weighted by Gasteiger charge is -2.25. The average Bonchev–Trinajstić information content (AvgIpc) is 3.33. The van der Waals surface area contributed by atoms with Gasteiger partial charge in [-0.15, -0.1) is 11.3 Å². The predicted octanol–water partition coefficient (Wildman–Crippen LogP) is 2.41. The van der Waals surface area contributed by atoms with Crippen molar-refractivity contribution in [3.8, 4) is 0 Å². The summed E-state index contributed by atoms with van der Waals surface area (Å²) in [5.41, 5.74) is 1.22. The number of thiazole rings is 1. The van der Waals surface area contributed by atoms with Gasteiger partial charge in [-0.25, -0.2) is 4.98 Å². The van der Waals surface area contributed by atoms with Crippen molar-refractivity contribution in [3.05, 3.63) is 69.6 Å². The third-order valence-corrected chi connectivity index (χ3v) is 5.72. The van der Waals surface area contributed by atoms with E-state index in [1.54, 1.807) is 16.5 Å². The van der Waals surface area contributed by atoms with Crippen LogP contribution < -0.4 is 5.56 Å². The third kappa shape index (κ3) is 3.55. The second-order valence-corrected chi connectivity index (χ2v) is 7.66. The first kappa shape index (κ1) is 18.4. The van der Waals surface area contributed by atoms with Gasteiger partial charge in [-0.1, -0.05) is 30.3 Å². The van der Waals surface area contributed by atoms with Crippen LogP contribution in [0.4, 0.5) is 0 Å². The molecule has 0 unspecified atom stereocenters. The molecule has 144 valence electrons. The van der Waals surface area contributed by atoms with Crippen LogP contribution in [0.15, 0.2) is 52.8 Å². The molecule has 1 saturated heterocycles. The first-order valence-electron chi connectivity index (χ1n) is 9.00. The molecule has 2 aromatic heterocycles. The van der Waals surface area contributed by atoms with E-state index in [1.165, 1.54) is 21.8 Å². The highest BCUT2D eigenvalue weighted by Gasteiger charge is 2.37. The van der Waals surface area contributed by atoms with Crippen LogP contribution in [0.3, 0.4) is 0 Å². The van der Waals surface area contributed by atoms with Crippen LogP contribution in [0.5, 0.6) is 0 Å². The lowest BCUT2D eigenvalue weighted by atomic mass is 10.1. The van der Waals surface area contributed by atoms with Gasteiger partial charge in [-0.2, -0.15) is 0 Å². The van der Waals surface area contributed by atoms with E-state index >= 15 is 0 Å². The quantitative estimate of drug-likeness (QED) is 0.618. The number of hydrogen-bond donors (Lipinski definition) is 0. The molecule has 3 aromatic rings. The number of ether oxygens (including phenoxy) is 1. The fourth-order valence-corrected chi connectivity index (χ4v) is 4.14. The van der Waals surface area contributed by atoms with Crippen molar-refractivity contribution in [2.45, 2.75) is 26.0 Å². The summed E-state index contributed by atoms with van der Waals surface area (Å²) < 4.78 is 6.79. The Morgan fingerprint density at radius 1 is 1.32 bits per heavy atom. The molecular formula is C20H19N3O4S.